The Labute approximate surface area is 370 Å². The molecular formula is C46H58F2N10O6. The number of hydrogen-bond acceptors (Lipinski definition) is 11. The summed E-state index contributed by atoms with van der Waals surface area (Å²) in [4.78, 5) is 60.0. The molecule has 9 rings (SSSR count). The number of aromatic nitrogens is 5. The van der Waals surface area contributed by atoms with E-state index in [1.807, 2.05) is 18.2 Å². The Kier molecular flexibility index (Phi) is 13.0. The second-order valence-electron chi connectivity index (χ2n) is 18.3. The molecular weight excluding hydrogens is 827 g/mol. The molecule has 0 radical (unpaired) electrons. The number of ether oxygens (including phenoxy) is 1. The molecule has 2 saturated heterocycles. The molecule has 3 aromatic heterocycles. The first-order valence-electron chi connectivity index (χ1n) is 23.0. The van der Waals surface area contributed by atoms with Gasteiger partial charge in [0.15, 0.2) is 11.3 Å². The molecule has 2 aliphatic carbocycles. The number of imide groups is 1. The fourth-order valence-electron chi connectivity index (χ4n) is 10.7. The molecule has 5 aliphatic rings. The Bertz CT molecular complexity index is 2360. The van der Waals surface area contributed by atoms with Crippen molar-refractivity contribution in [2.75, 3.05) is 48.8 Å². The lowest BCUT2D eigenvalue weighted by molar-refractivity contribution is -0.139. The van der Waals surface area contributed by atoms with Gasteiger partial charge in [-0.15, -0.1) is 0 Å². The van der Waals surface area contributed by atoms with Crippen molar-refractivity contribution in [2.24, 2.45) is 11.8 Å². The molecule has 6 heterocycles. The summed E-state index contributed by atoms with van der Waals surface area (Å²) in [6.07, 6.45) is 12.5. The van der Waals surface area contributed by atoms with Crippen LogP contribution in [0.1, 0.15) is 129 Å². The number of nitrogens with one attached hydrogen (secondary N) is 3. The van der Waals surface area contributed by atoms with E-state index < -0.39 is 36.0 Å². The highest BCUT2D eigenvalue weighted by molar-refractivity contribution is 6.10. The highest BCUT2D eigenvalue weighted by Crippen LogP contribution is 2.45. The third-order valence-electron chi connectivity index (χ3n) is 14.2. The van der Waals surface area contributed by atoms with Gasteiger partial charge in [-0.3, -0.25) is 29.2 Å². The molecule has 1 aromatic carbocycles. The Morgan fingerprint density at radius 1 is 1.02 bits per heavy atom. The Balaban J connectivity index is 0.720. The smallest absolute Gasteiger partial charge is 0.284 e. The van der Waals surface area contributed by atoms with E-state index in [1.165, 1.54) is 16.9 Å². The molecule has 2 saturated carbocycles. The molecule has 342 valence electrons. The number of hydrogen-bond donors (Lipinski definition) is 4. The first kappa shape index (κ1) is 43.9. The van der Waals surface area contributed by atoms with Crippen LogP contribution in [0.25, 0.3) is 5.65 Å². The first-order chi connectivity index (χ1) is 31.0. The third-order valence-corrected chi connectivity index (χ3v) is 14.2. The Morgan fingerprint density at radius 3 is 2.58 bits per heavy atom. The zero-order chi connectivity index (χ0) is 44.5. The number of amides is 4. The van der Waals surface area contributed by atoms with Crippen molar-refractivity contribution in [1.82, 2.24) is 34.6 Å². The molecule has 4 amide bonds. The lowest BCUT2D eigenvalue weighted by atomic mass is 9.81. The van der Waals surface area contributed by atoms with Crippen LogP contribution in [0.3, 0.4) is 0 Å². The number of carbonyl (C=O) groups is 4. The minimum atomic E-state index is -2.88. The normalized spacial score (nSPS) is 25.8. The number of aryl methyl sites for hydroxylation is 1. The van der Waals surface area contributed by atoms with E-state index in [9.17, 15) is 33.1 Å². The van der Waals surface area contributed by atoms with Gasteiger partial charge in [-0.2, -0.15) is 10.2 Å². The van der Waals surface area contributed by atoms with Gasteiger partial charge in [0.05, 0.1) is 53.7 Å². The fourth-order valence-corrected chi connectivity index (χ4v) is 10.7. The summed E-state index contributed by atoms with van der Waals surface area (Å²) in [6.45, 7) is 3.51. The van der Waals surface area contributed by atoms with Gasteiger partial charge in [0.2, 0.25) is 17.7 Å². The van der Waals surface area contributed by atoms with Crippen LogP contribution < -0.4 is 20.9 Å². The Hall–Kier alpha value is -5.33. The molecule has 16 nitrogen and oxygen atoms in total. The number of likely N-dealkylation sites (tertiary alicyclic amines) is 1. The lowest BCUT2D eigenvalue weighted by Gasteiger charge is -2.36. The molecule has 4 aromatic rings. The number of fused-ring (bicyclic) bond motifs is 2. The zero-order valence-corrected chi connectivity index (χ0v) is 36.3. The highest BCUT2D eigenvalue weighted by Gasteiger charge is 2.45. The van der Waals surface area contributed by atoms with Gasteiger partial charge in [0.1, 0.15) is 11.4 Å². The number of para-hydroxylation sites is 1. The number of piperidine rings is 2. The number of benzene rings is 1. The van der Waals surface area contributed by atoms with Crippen molar-refractivity contribution in [1.29, 1.82) is 0 Å². The molecule has 64 heavy (non-hydrogen) atoms. The summed E-state index contributed by atoms with van der Waals surface area (Å²) in [5.74, 6) is -1.51. The number of nitrogens with zero attached hydrogens (tertiary/aromatic N) is 7. The van der Waals surface area contributed by atoms with Gasteiger partial charge in [-0.1, -0.05) is 31.0 Å². The van der Waals surface area contributed by atoms with Gasteiger partial charge in [-0.25, -0.2) is 18.3 Å². The van der Waals surface area contributed by atoms with Crippen LogP contribution in [0, 0.1) is 11.8 Å². The van der Waals surface area contributed by atoms with Gasteiger partial charge in [0, 0.05) is 52.1 Å². The molecule has 2 unspecified atom stereocenters. The third kappa shape index (κ3) is 9.27. The molecule has 18 heteroatoms. The number of likely N-dealkylation sites (N-methyl/N-ethyl adjacent to an activating group) is 1. The number of carbonyl (C=O) groups excluding carboxylic acids is 4. The van der Waals surface area contributed by atoms with Gasteiger partial charge in [0.25, 0.3) is 12.3 Å². The summed E-state index contributed by atoms with van der Waals surface area (Å²) in [7, 11) is 1.76. The van der Waals surface area contributed by atoms with Crippen molar-refractivity contribution in [3.8, 4) is 0 Å². The summed E-state index contributed by atoms with van der Waals surface area (Å²) < 4.78 is 38.0. The number of aliphatic hydroxyl groups excluding tert-OH is 1. The standard InChI is InChI=1S/C46H58F2N10O6/c1-55-41-28(6-4-8-31(41)39(46(55)63)32-15-16-38(60)53-44(32)61)7-5-23-64-30-17-20-56(21-18-30)25-27-11-13-29(14-12-27)58-26-35(40(54-58)42(47)48)51-45(62)33-24-49-57-22-19-37(52-43(33)57)50-34-9-2-3-10-36(34)59/h4,6,8,19,22,24,26-27,29-30,32,34,36,39,42,59H,2-3,5,7,9-18,20-21,23,25H2,1H3,(H,50,52)(H,51,62)(H,53,60,61)/t27?,29?,32?,34-,36+,39?/m0/s1. The maximum atomic E-state index is 14.3. The van der Waals surface area contributed by atoms with Gasteiger partial charge < -0.3 is 30.3 Å². The molecule has 0 bridgehead atoms. The van der Waals surface area contributed by atoms with Gasteiger partial charge in [-0.05, 0) is 93.7 Å². The Morgan fingerprint density at radius 2 is 1.81 bits per heavy atom. The van der Waals surface area contributed by atoms with E-state index in [0.717, 1.165) is 107 Å². The topological polar surface area (TPSA) is 188 Å². The van der Waals surface area contributed by atoms with E-state index in [-0.39, 0.29) is 59.2 Å². The van der Waals surface area contributed by atoms with Crippen molar-refractivity contribution in [2.45, 2.75) is 127 Å². The number of halogens is 2. The average Bonchev–Trinajstić information content (AvgIpc) is 3.98. The van der Waals surface area contributed by atoms with E-state index in [4.69, 9.17) is 4.74 Å². The second kappa shape index (κ2) is 19.0. The van der Waals surface area contributed by atoms with Crippen LogP contribution in [0.5, 0.6) is 0 Å². The minimum Gasteiger partial charge on any atom is -0.391 e. The molecule has 4 fully saturated rings. The first-order valence-corrected chi connectivity index (χ1v) is 23.0. The average molecular weight is 885 g/mol. The van der Waals surface area contributed by atoms with E-state index in [1.54, 1.807) is 28.9 Å². The number of alkyl halides is 2. The van der Waals surface area contributed by atoms with Crippen LogP contribution >= 0.6 is 0 Å². The van der Waals surface area contributed by atoms with Gasteiger partial charge >= 0.3 is 0 Å². The maximum absolute atomic E-state index is 14.3. The molecule has 0 spiro atoms. The monoisotopic (exact) mass is 884 g/mol. The SMILES string of the molecule is CN1C(=O)C(C2CCC(=O)NC2=O)c2cccc(CCCOC3CCN(CC4CCC(n5cc(NC(=O)c6cnn7ccc(N[C@H]8CCCC[C@H]8O)nc67)c(C(F)F)n5)CC4)CC3)c21. The van der Waals surface area contributed by atoms with Crippen molar-refractivity contribution in [3.63, 3.8) is 0 Å². The number of aliphatic hydroxyl groups is 1. The van der Waals surface area contributed by atoms with E-state index in [2.05, 4.69) is 36.0 Å². The van der Waals surface area contributed by atoms with Crippen molar-refractivity contribution >= 4 is 46.5 Å². The molecule has 3 aliphatic heterocycles. The lowest BCUT2D eigenvalue weighted by Crippen LogP contribution is -2.44. The summed E-state index contributed by atoms with van der Waals surface area (Å²) in [6, 6.07) is 7.45. The van der Waals surface area contributed by atoms with Crippen LogP contribution in [0.2, 0.25) is 0 Å². The molecule has 4 atom stereocenters. The van der Waals surface area contributed by atoms with Crippen molar-refractivity contribution in [3.05, 3.63) is 65.2 Å². The maximum Gasteiger partial charge on any atom is 0.284 e. The number of anilines is 3. The fraction of sp³-hybridized carbons (Fsp3) is 0.587. The van der Waals surface area contributed by atoms with Crippen LogP contribution in [0.15, 0.2) is 42.9 Å². The zero-order valence-electron chi connectivity index (χ0n) is 36.3. The largest absolute Gasteiger partial charge is 0.391 e. The molecule has 4 N–H and O–H groups in total. The quantitative estimate of drug-likeness (QED) is 0.0887. The highest BCUT2D eigenvalue weighted by atomic mass is 19.3. The summed E-state index contributed by atoms with van der Waals surface area (Å²) in [5, 5.41) is 27.3. The van der Waals surface area contributed by atoms with Crippen molar-refractivity contribution < 1.29 is 37.8 Å². The van der Waals surface area contributed by atoms with E-state index in [0.29, 0.717) is 31.2 Å². The number of rotatable bonds is 14. The van der Waals surface area contributed by atoms with E-state index >= 15 is 0 Å². The second-order valence-corrected chi connectivity index (χ2v) is 18.3. The summed E-state index contributed by atoms with van der Waals surface area (Å²) in [5.41, 5.74) is 2.71. The predicted octanol–water partition coefficient (Wildman–Crippen LogP) is 5.79. The van der Waals surface area contributed by atoms with Crippen LogP contribution in [-0.4, -0.2) is 110 Å². The summed E-state index contributed by atoms with van der Waals surface area (Å²) >= 11 is 0. The van der Waals surface area contributed by atoms with Crippen LogP contribution in [0.4, 0.5) is 26.0 Å². The minimum absolute atomic E-state index is 0.0287. The van der Waals surface area contributed by atoms with Crippen LogP contribution in [-0.2, 0) is 25.5 Å². The predicted molar refractivity (Wildman–Crippen MR) is 233 cm³/mol.